The Morgan fingerprint density at radius 1 is 0.970 bits per heavy atom. The summed E-state index contributed by atoms with van der Waals surface area (Å²) in [6.45, 7) is 0. The molecule has 7 nitrogen and oxygen atoms in total. The summed E-state index contributed by atoms with van der Waals surface area (Å²) < 4.78 is 42.6. The predicted octanol–water partition coefficient (Wildman–Crippen LogP) is 4.21. The van der Waals surface area contributed by atoms with Crippen molar-refractivity contribution < 1.29 is 27.1 Å². The molecule has 1 aromatic heterocycles. The highest BCUT2D eigenvalue weighted by molar-refractivity contribution is 7.89. The number of hydrogen-bond donors (Lipinski definition) is 2. The van der Waals surface area contributed by atoms with E-state index in [9.17, 15) is 22.7 Å². The molecule has 0 aliphatic carbocycles. The van der Waals surface area contributed by atoms with Gasteiger partial charge < -0.3 is 9.52 Å². The van der Waals surface area contributed by atoms with E-state index in [1.165, 1.54) is 48.5 Å². The minimum absolute atomic E-state index is 0.0174. The first-order valence-electron chi connectivity index (χ1n) is 9.89. The zero-order valence-electron chi connectivity index (χ0n) is 17.2. The number of carboxylic acid groups (broad SMARTS) is 1. The number of nitrogens with zero attached hydrogens (tertiary/aromatic N) is 1. The van der Waals surface area contributed by atoms with Gasteiger partial charge >= 0.3 is 5.97 Å². The van der Waals surface area contributed by atoms with Crippen LogP contribution in [0.1, 0.15) is 17.4 Å². The first-order valence-corrected chi connectivity index (χ1v) is 11.4. The second kappa shape index (κ2) is 8.97. The van der Waals surface area contributed by atoms with Crippen molar-refractivity contribution in [1.82, 2.24) is 4.98 Å². The van der Waals surface area contributed by atoms with Crippen molar-refractivity contribution in [3.63, 3.8) is 0 Å². The largest absolute Gasteiger partial charge is 0.481 e. The molecule has 0 aliphatic heterocycles. The second-order valence-corrected chi connectivity index (χ2v) is 8.95. The van der Waals surface area contributed by atoms with Crippen LogP contribution >= 0.6 is 0 Å². The van der Waals surface area contributed by atoms with Crippen LogP contribution in [0.5, 0.6) is 0 Å². The first kappa shape index (κ1) is 22.4. The van der Waals surface area contributed by atoms with E-state index in [1.807, 2.05) is 30.3 Å². The number of aliphatic carboxylic acids is 1. The maximum absolute atomic E-state index is 13.5. The smallest absolute Gasteiger partial charge is 0.316 e. The van der Waals surface area contributed by atoms with Crippen molar-refractivity contribution in [2.45, 2.75) is 17.2 Å². The number of oxazole rings is 1. The summed E-state index contributed by atoms with van der Waals surface area (Å²) in [4.78, 5) is 16.4. The number of primary sulfonamides is 1. The monoisotopic (exact) mass is 466 g/mol. The third kappa shape index (κ3) is 5.00. The minimum atomic E-state index is -3.89. The molecule has 168 valence electrons. The van der Waals surface area contributed by atoms with E-state index in [1.54, 1.807) is 0 Å². The summed E-state index contributed by atoms with van der Waals surface area (Å²) in [5.41, 5.74) is 2.09. The number of carboxylic acids is 1. The van der Waals surface area contributed by atoms with Crippen LogP contribution in [0.25, 0.3) is 22.6 Å². The van der Waals surface area contributed by atoms with Crippen LogP contribution in [0.3, 0.4) is 0 Å². The SMILES string of the molecule is NS(=O)(=O)c1ccc(-c2oc(C(Cc3ccccc3)C(=O)O)nc2-c2ccc(F)cc2)cc1. The molecule has 4 rings (SSSR count). The van der Waals surface area contributed by atoms with Gasteiger partial charge in [-0.2, -0.15) is 0 Å². The summed E-state index contributed by atoms with van der Waals surface area (Å²) in [6, 6.07) is 20.2. The number of benzene rings is 3. The van der Waals surface area contributed by atoms with E-state index in [0.717, 1.165) is 5.56 Å². The van der Waals surface area contributed by atoms with Crippen LogP contribution in [0.4, 0.5) is 4.39 Å². The Balaban J connectivity index is 1.82. The number of halogens is 1. The summed E-state index contributed by atoms with van der Waals surface area (Å²) in [6.07, 6.45) is 0.156. The predicted molar refractivity (Wildman–Crippen MR) is 119 cm³/mol. The van der Waals surface area contributed by atoms with Gasteiger partial charge in [-0.05, 0) is 60.5 Å². The minimum Gasteiger partial charge on any atom is -0.481 e. The highest BCUT2D eigenvalue weighted by atomic mass is 32.2. The van der Waals surface area contributed by atoms with Crippen molar-refractivity contribution in [1.29, 1.82) is 0 Å². The Hall–Kier alpha value is -3.82. The molecule has 0 saturated heterocycles. The van der Waals surface area contributed by atoms with Gasteiger partial charge in [0.2, 0.25) is 15.9 Å². The van der Waals surface area contributed by atoms with Gasteiger partial charge in [0, 0.05) is 11.1 Å². The maximum Gasteiger partial charge on any atom is 0.316 e. The van der Waals surface area contributed by atoms with Gasteiger partial charge in [0.25, 0.3) is 0 Å². The molecule has 0 bridgehead atoms. The van der Waals surface area contributed by atoms with Gasteiger partial charge in [0.05, 0.1) is 4.90 Å². The third-order valence-corrected chi connectivity index (χ3v) is 6.01. The Labute approximate surface area is 189 Å². The van der Waals surface area contributed by atoms with Crippen molar-refractivity contribution in [3.8, 4) is 22.6 Å². The van der Waals surface area contributed by atoms with Crippen molar-refractivity contribution in [2.75, 3.05) is 0 Å². The normalized spacial score (nSPS) is 12.4. The first-order chi connectivity index (χ1) is 15.7. The molecule has 1 atom stereocenters. The van der Waals surface area contributed by atoms with Gasteiger partial charge in [0.15, 0.2) is 5.76 Å². The van der Waals surface area contributed by atoms with Crippen LogP contribution in [-0.4, -0.2) is 24.5 Å². The lowest BCUT2D eigenvalue weighted by Crippen LogP contribution is -2.14. The number of rotatable bonds is 7. The second-order valence-electron chi connectivity index (χ2n) is 7.39. The highest BCUT2D eigenvalue weighted by Crippen LogP contribution is 2.36. The fraction of sp³-hybridized carbons (Fsp3) is 0.0833. The van der Waals surface area contributed by atoms with Crippen LogP contribution in [0.2, 0.25) is 0 Å². The van der Waals surface area contributed by atoms with E-state index in [2.05, 4.69) is 4.98 Å². The van der Waals surface area contributed by atoms with E-state index in [4.69, 9.17) is 9.56 Å². The molecule has 0 spiro atoms. The van der Waals surface area contributed by atoms with Crippen LogP contribution in [-0.2, 0) is 21.2 Å². The van der Waals surface area contributed by atoms with Crippen LogP contribution in [0.15, 0.2) is 88.2 Å². The lowest BCUT2D eigenvalue weighted by Gasteiger charge is -2.08. The van der Waals surface area contributed by atoms with Gasteiger partial charge in [0.1, 0.15) is 17.4 Å². The molecule has 33 heavy (non-hydrogen) atoms. The Kier molecular flexibility index (Phi) is 6.08. The molecule has 3 N–H and O–H groups in total. The molecular weight excluding hydrogens is 447 g/mol. The van der Waals surface area contributed by atoms with E-state index < -0.39 is 27.7 Å². The summed E-state index contributed by atoms with van der Waals surface area (Å²) in [5.74, 6) is -2.40. The average Bonchev–Trinajstić information content (AvgIpc) is 3.23. The van der Waals surface area contributed by atoms with E-state index >= 15 is 0 Å². The molecule has 0 fully saturated rings. The van der Waals surface area contributed by atoms with E-state index in [0.29, 0.717) is 16.8 Å². The summed E-state index contributed by atoms with van der Waals surface area (Å²) >= 11 is 0. The van der Waals surface area contributed by atoms with Crippen molar-refractivity contribution >= 4 is 16.0 Å². The Morgan fingerprint density at radius 2 is 1.58 bits per heavy atom. The lowest BCUT2D eigenvalue weighted by molar-refractivity contribution is -0.139. The summed E-state index contributed by atoms with van der Waals surface area (Å²) in [5, 5.41) is 15.0. The van der Waals surface area contributed by atoms with E-state index in [-0.39, 0.29) is 23.0 Å². The number of nitrogens with two attached hydrogens (primary N) is 1. The molecule has 3 aromatic carbocycles. The fourth-order valence-electron chi connectivity index (χ4n) is 3.41. The lowest BCUT2D eigenvalue weighted by atomic mass is 9.99. The molecule has 0 amide bonds. The molecule has 1 heterocycles. The topological polar surface area (TPSA) is 123 Å². The third-order valence-electron chi connectivity index (χ3n) is 5.09. The van der Waals surface area contributed by atoms with Crippen molar-refractivity contribution in [2.24, 2.45) is 5.14 Å². The fourth-order valence-corrected chi connectivity index (χ4v) is 3.93. The van der Waals surface area contributed by atoms with Crippen LogP contribution < -0.4 is 5.14 Å². The summed E-state index contributed by atoms with van der Waals surface area (Å²) in [7, 11) is -3.89. The van der Waals surface area contributed by atoms with Gasteiger partial charge in [-0.25, -0.2) is 22.9 Å². The zero-order valence-corrected chi connectivity index (χ0v) is 18.0. The van der Waals surface area contributed by atoms with Gasteiger partial charge in [-0.3, -0.25) is 4.79 Å². The Morgan fingerprint density at radius 3 is 2.15 bits per heavy atom. The van der Waals surface area contributed by atoms with Crippen molar-refractivity contribution in [3.05, 3.63) is 96.1 Å². The highest BCUT2D eigenvalue weighted by Gasteiger charge is 2.29. The maximum atomic E-state index is 13.5. The molecule has 4 aromatic rings. The molecule has 0 radical (unpaired) electrons. The molecule has 0 aliphatic rings. The standard InChI is InChI=1S/C24H19FN2O5S/c25-18-10-6-16(7-11-18)21-22(17-8-12-19(13-9-17)33(26,30)31)32-23(27-21)20(24(28)29)14-15-4-2-1-3-5-15/h1-13,20H,14H2,(H,28,29)(H2,26,30,31). The van der Waals surface area contributed by atoms with Gasteiger partial charge in [-0.1, -0.05) is 30.3 Å². The van der Waals surface area contributed by atoms with Gasteiger partial charge in [-0.15, -0.1) is 0 Å². The number of hydrogen-bond acceptors (Lipinski definition) is 5. The number of carbonyl (C=O) groups is 1. The zero-order chi connectivity index (χ0) is 23.6. The molecule has 0 saturated carbocycles. The molecular formula is C24H19FN2O5S. The number of sulfonamides is 1. The van der Waals surface area contributed by atoms with Crippen LogP contribution in [0, 0.1) is 5.82 Å². The Bertz CT molecular complexity index is 1380. The average molecular weight is 466 g/mol. The molecule has 9 heteroatoms. The number of aromatic nitrogens is 1. The quantitative estimate of drug-likeness (QED) is 0.421. The molecule has 1 unspecified atom stereocenters.